The number of benzene rings is 5. The third kappa shape index (κ3) is 3.18. The van der Waals surface area contributed by atoms with Crippen LogP contribution in [0.5, 0.6) is 11.5 Å². The highest BCUT2D eigenvalue weighted by atomic mass is 16.5. The third-order valence-corrected chi connectivity index (χ3v) is 20.1. The second kappa shape index (κ2) is 9.94. The Labute approximate surface area is 345 Å². The standard InChI is InChI=1S/C56H48O3/c1-22(57)59-26-9-5-24(6-10-26)39(23-3-7-25(58-2)8-4-23)48-53-49-40-29-13-11-27-28-12-14-30-32-16-18-34-36-20-19-35-33-17-15-31(29)42(49)44(33)51-46(35)47(36)52-45(34)43(32)50(54(48)56(52)55(51)53)41(30)38(28)21-37(27)40/h3-10,21,27-36,39-40,48H,11-20H2,1-2H3. The summed E-state index contributed by atoms with van der Waals surface area (Å²) in [5, 5.41) is 7.10. The minimum atomic E-state index is -0.263. The molecule has 1 fully saturated rings. The average Bonchev–Trinajstić information content (AvgIpc) is 4.09. The van der Waals surface area contributed by atoms with Crippen molar-refractivity contribution in [2.75, 3.05) is 7.11 Å². The number of esters is 1. The van der Waals surface area contributed by atoms with Crippen molar-refractivity contribution in [3.8, 4) is 11.5 Å². The maximum absolute atomic E-state index is 12.2. The summed E-state index contributed by atoms with van der Waals surface area (Å²) in [4.78, 5) is 12.2. The summed E-state index contributed by atoms with van der Waals surface area (Å²) in [7, 11) is 1.79. The minimum Gasteiger partial charge on any atom is -0.497 e. The zero-order valence-corrected chi connectivity index (χ0v) is 34.0. The normalized spacial score (nSPS) is 36.3. The fraction of sp³-hybridized carbons (Fsp3) is 0.446. The summed E-state index contributed by atoms with van der Waals surface area (Å²) in [6, 6.07) is 17.9. The molecule has 12 aliphatic carbocycles. The Morgan fingerprint density at radius 1 is 0.525 bits per heavy atom. The molecule has 8 bridgehead atoms. The first-order valence-corrected chi connectivity index (χ1v) is 23.7. The molecule has 3 nitrogen and oxygen atoms in total. The molecule has 0 aromatic heterocycles. The van der Waals surface area contributed by atoms with E-state index in [1.165, 1.54) is 82.3 Å². The quantitative estimate of drug-likeness (QED) is 0.101. The molecule has 1 saturated carbocycles. The number of carbonyl (C=O) groups is 1. The molecule has 12 aliphatic rings. The third-order valence-electron chi connectivity index (χ3n) is 20.1. The van der Waals surface area contributed by atoms with E-state index in [4.69, 9.17) is 9.47 Å². The number of hydrogen-bond acceptors (Lipinski definition) is 3. The monoisotopic (exact) mass is 768 g/mol. The summed E-state index contributed by atoms with van der Waals surface area (Å²) < 4.78 is 11.5. The van der Waals surface area contributed by atoms with Gasteiger partial charge in [-0.3, -0.25) is 4.79 Å². The molecular formula is C56H48O3. The second-order valence-corrected chi connectivity index (χ2v) is 21.5. The van der Waals surface area contributed by atoms with Crippen molar-refractivity contribution in [3.63, 3.8) is 0 Å². The van der Waals surface area contributed by atoms with Gasteiger partial charge in [0.05, 0.1) is 7.11 Å². The highest BCUT2D eigenvalue weighted by Gasteiger charge is 2.63. The van der Waals surface area contributed by atoms with Crippen LogP contribution >= 0.6 is 0 Å². The van der Waals surface area contributed by atoms with Crippen molar-refractivity contribution in [1.82, 2.24) is 0 Å². The lowest BCUT2D eigenvalue weighted by Crippen LogP contribution is -2.29. The molecule has 0 spiro atoms. The fourth-order valence-electron chi connectivity index (χ4n) is 18.9. The predicted octanol–water partition coefficient (Wildman–Crippen LogP) is 13.0. The van der Waals surface area contributed by atoms with Crippen LogP contribution in [0.1, 0.15) is 191 Å². The summed E-state index contributed by atoms with van der Waals surface area (Å²) >= 11 is 0. The van der Waals surface area contributed by atoms with Gasteiger partial charge < -0.3 is 9.47 Å². The molecule has 0 amide bonds. The fourth-order valence-corrected chi connectivity index (χ4v) is 18.9. The van der Waals surface area contributed by atoms with Crippen molar-refractivity contribution >= 4 is 33.1 Å². The van der Waals surface area contributed by atoms with Crippen LogP contribution in [0.3, 0.4) is 0 Å². The number of allylic oxidation sites excluding steroid dienone is 4. The van der Waals surface area contributed by atoms with Crippen LogP contribution in [-0.2, 0) is 4.79 Å². The number of carbonyl (C=O) groups excluding carboxylic acids is 1. The maximum Gasteiger partial charge on any atom is 0.308 e. The van der Waals surface area contributed by atoms with Crippen LogP contribution in [-0.4, -0.2) is 13.1 Å². The highest BCUT2D eigenvalue weighted by molar-refractivity contribution is 6.24. The van der Waals surface area contributed by atoms with Crippen LogP contribution in [0.4, 0.5) is 0 Å². The van der Waals surface area contributed by atoms with Crippen LogP contribution in [0.15, 0.2) is 65.8 Å². The van der Waals surface area contributed by atoms with Gasteiger partial charge in [-0.2, -0.15) is 0 Å². The van der Waals surface area contributed by atoms with E-state index in [9.17, 15) is 4.79 Å². The van der Waals surface area contributed by atoms with E-state index in [-0.39, 0.29) is 17.8 Å². The Kier molecular flexibility index (Phi) is 5.27. The van der Waals surface area contributed by atoms with Gasteiger partial charge in [-0.25, -0.2) is 0 Å². The van der Waals surface area contributed by atoms with E-state index in [0.717, 1.165) is 35.3 Å². The first-order chi connectivity index (χ1) is 29.1. The van der Waals surface area contributed by atoms with Gasteiger partial charge in [-0.05, 0) is 247 Å². The molecule has 0 radical (unpaired) electrons. The van der Waals surface area contributed by atoms with E-state index in [2.05, 4.69) is 54.6 Å². The number of hydrogen-bond donors (Lipinski definition) is 0. The second-order valence-electron chi connectivity index (χ2n) is 21.5. The van der Waals surface area contributed by atoms with Gasteiger partial charge in [0.2, 0.25) is 0 Å². The Balaban J connectivity index is 1.10. The SMILES string of the molecule is COc1ccc(C(c2ccc(OC(C)=O)cc2)C2c3c4c5c6c7c8c9c%10c%11c%12c(c2c%10c37)C2C3=CC7=C4C4CCC7C3CCC2C%12CCC%11C9CCC8C6CCC54)cc1. The summed E-state index contributed by atoms with van der Waals surface area (Å²) in [6.07, 6.45) is 16.9. The summed E-state index contributed by atoms with van der Waals surface area (Å²) in [6.45, 7) is 1.51. The van der Waals surface area contributed by atoms with Crippen molar-refractivity contribution in [2.24, 2.45) is 23.7 Å². The molecule has 17 rings (SSSR count). The number of fused-ring (bicyclic) bond motifs is 4. The van der Waals surface area contributed by atoms with Gasteiger partial charge in [0.15, 0.2) is 0 Å². The first-order valence-electron chi connectivity index (χ1n) is 23.7. The van der Waals surface area contributed by atoms with Crippen molar-refractivity contribution in [1.29, 1.82) is 0 Å². The molecule has 5 aromatic rings. The Hall–Kier alpha value is -4.63. The Morgan fingerprint density at radius 3 is 1.73 bits per heavy atom. The zero-order valence-electron chi connectivity index (χ0n) is 34.0. The molecular weight excluding hydrogens is 721 g/mol. The molecule has 13 atom stereocenters. The van der Waals surface area contributed by atoms with Crippen LogP contribution in [0.25, 0.3) is 27.1 Å². The van der Waals surface area contributed by atoms with E-state index in [1.54, 1.807) is 45.3 Å². The van der Waals surface area contributed by atoms with Crippen molar-refractivity contribution < 1.29 is 14.3 Å². The Morgan fingerprint density at radius 2 is 1.07 bits per heavy atom. The lowest BCUT2D eigenvalue weighted by Gasteiger charge is -2.41. The van der Waals surface area contributed by atoms with Crippen molar-refractivity contribution in [2.45, 2.75) is 124 Å². The molecule has 13 unspecified atom stereocenters. The van der Waals surface area contributed by atoms with E-state index >= 15 is 0 Å². The molecule has 5 aromatic carbocycles. The van der Waals surface area contributed by atoms with Gasteiger partial charge in [0.1, 0.15) is 11.5 Å². The lowest BCUT2D eigenvalue weighted by molar-refractivity contribution is -0.131. The van der Waals surface area contributed by atoms with Crippen LogP contribution < -0.4 is 9.47 Å². The predicted molar refractivity (Wildman–Crippen MR) is 230 cm³/mol. The van der Waals surface area contributed by atoms with Crippen LogP contribution in [0, 0.1) is 23.7 Å². The topological polar surface area (TPSA) is 35.5 Å². The smallest absolute Gasteiger partial charge is 0.308 e. The number of ether oxygens (including phenoxy) is 2. The largest absolute Gasteiger partial charge is 0.497 e. The minimum absolute atomic E-state index is 0.115. The first kappa shape index (κ1) is 31.3. The average molecular weight is 769 g/mol. The van der Waals surface area contributed by atoms with Gasteiger partial charge in [0, 0.05) is 24.7 Å². The van der Waals surface area contributed by atoms with Gasteiger partial charge >= 0.3 is 5.97 Å². The maximum atomic E-state index is 12.2. The molecule has 0 heterocycles. The van der Waals surface area contributed by atoms with E-state index < -0.39 is 0 Å². The highest BCUT2D eigenvalue weighted by Crippen LogP contribution is 2.79. The Bertz CT molecular complexity index is 3010. The van der Waals surface area contributed by atoms with E-state index in [0.29, 0.717) is 41.3 Å². The van der Waals surface area contributed by atoms with Gasteiger partial charge in [-0.15, -0.1) is 0 Å². The molecule has 0 N–H and O–H groups in total. The molecule has 290 valence electrons. The van der Waals surface area contributed by atoms with Gasteiger partial charge in [0.25, 0.3) is 0 Å². The molecule has 0 saturated heterocycles. The summed E-state index contributed by atoms with van der Waals surface area (Å²) in [5.41, 5.74) is 26.7. The van der Waals surface area contributed by atoms with E-state index in [1.807, 2.05) is 55.7 Å². The number of methoxy groups -OCH3 is 1. The molecule has 0 aliphatic heterocycles. The summed E-state index contributed by atoms with van der Waals surface area (Å²) in [5.74, 6) is 9.33. The zero-order chi connectivity index (χ0) is 38.1. The molecule has 59 heavy (non-hydrogen) atoms. The number of rotatable bonds is 5. The lowest BCUT2D eigenvalue weighted by atomic mass is 9.63. The van der Waals surface area contributed by atoms with Gasteiger partial charge in [-0.1, -0.05) is 35.9 Å². The van der Waals surface area contributed by atoms with Crippen molar-refractivity contribution in [3.05, 3.63) is 133 Å². The van der Waals surface area contributed by atoms with Crippen LogP contribution in [0.2, 0.25) is 0 Å². The molecule has 3 heteroatoms.